The molecule has 0 aromatic heterocycles. The second kappa shape index (κ2) is 4.65. The SMILES string of the molecule is COC(=O)C1C=C(S(=O)(=O)O)C(I)=CC1(N)O. The van der Waals surface area contributed by atoms with Crippen molar-refractivity contribution in [1.82, 2.24) is 0 Å². The van der Waals surface area contributed by atoms with Crippen molar-refractivity contribution in [1.29, 1.82) is 0 Å². The molecule has 0 radical (unpaired) electrons. The van der Waals surface area contributed by atoms with Crippen molar-refractivity contribution in [3.05, 3.63) is 20.6 Å². The molecular formula is C8H10INO6S. The monoisotopic (exact) mass is 375 g/mol. The van der Waals surface area contributed by atoms with Gasteiger partial charge in [-0.05, 0) is 34.7 Å². The van der Waals surface area contributed by atoms with Crippen LogP contribution in [-0.2, 0) is 19.6 Å². The van der Waals surface area contributed by atoms with Gasteiger partial charge in [0.05, 0.1) is 7.11 Å². The molecule has 0 aromatic carbocycles. The zero-order valence-electron chi connectivity index (χ0n) is 8.62. The molecule has 96 valence electrons. The van der Waals surface area contributed by atoms with E-state index in [4.69, 9.17) is 10.3 Å². The van der Waals surface area contributed by atoms with Crippen molar-refractivity contribution in [3.8, 4) is 0 Å². The highest BCUT2D eigenvalue weighted by Crippen LogP contribution is 2.34. The topological polar surface area (TPSA) is 127 Å². The number of carbonyl (C=O) groups is 1. The fourth-order valence-corrected chi connectivity index (χ4v) is 3.45. The second-order valence-electron chi connectivity index (χ2n) is 3.39. The molecule has 0 aliphatic heterocycles. The Morgan fingerprint density at radius 1 is 1.65 bits per heavy atom. The molecule has 9 heteroatoms. The van der Waals surface area contributed by atoms with Crippen LogP contribution in [0.1, 0.15) is 0 Å². The Hall–Kier alpha value is -0.490. The standard InChI is InChI=1S/C8H10INO6S/c1-16-7(11)4-2-6(17(13,14)15)5(9)3-8(4,10)12/h2-4,12H,10H2,1H3,(H,13,14,15). The Bertz CT molecular complexity index is 506. The third kappa shape index (κ3) is 3.04. The Morgan fingerprint density at radius 2 is 2.18 bits per heavy atom. The van der Waals surface area contributed by atoms with Gasteiger partial charge in [-0.2, -0.15) is 8.42 Å². The first-order valence-electron chi connectivity index (χ1n) is 4.26. The molecule has 0 saturated carbocycles. The molecule has 0 saturated heterocycles. The van der Waals surface area contributed by atoms with Crippen molar-refractivity contribution < 1.29 is 27.6 Å². The predicted octanol–water partition coefficient (Wildman–Crippen LogP) is -0.473. The van der Waals surface area contributed by atoms with Crippen LogP contribution in [0.4, 0.5) is 0 Å². The highest BCUT2D eigenvalue weighted by molar-refractivity contribution is 14.1. The van der Waals surface area contributed by atoms with Crippen molar-refractivity contribution in [2.75, 3.05) is 7.11 Å². The number of ether oxygens (including phenoxy) is 1. The minimum absolute atomic E-state index is 0.0234. The zero-order valence-corrected chi connectivity index (χ0v) is 11.6. The van der Waals surface area contributed by atoms with E-state index in [0.29, 0.717) is 0 Å². The van der Waals surface area contributed by atoms with Gasteiger partial charge < -0.3 is 9.84 Å². The first kappa shape index (κ1) is 14.6. The molecule has 7 nitrogen and oxygen atoms in total. The Balaban J connectivity index is 3.33. The normalized spacial score (nSPS) is 29.4. The number of methoxy groups -OCH3 is 1. The van der Waals surface area contributed by atoms with Crippen molar-refractivity contribution in [3.63, 3.8) is 0 Å². The third-order valence-corrected chi connectivity index (χ3v) is 4.31. The quantitative estimate of drug-likeness (QED) is 0.258. The summed E-state index contributed by atoms with van der Waals surface area (Å²) in [5.41, 5.74) is 3.39. The van der Waals surface area contributed by atoms with E-state index in [1.807, 2.05) is 0 Å². The van der Waals surface area contributed by atoms with Crippen molar-refractivity contribution in [2.45, 2.75) is 5.72 Å². The lowest BCUT2D eigenvalue weighted by Gasteiger charge is -2.29. The third-order valence-electron chi connectivity index (χ3n) is 2.14. The summed E-state index contributed by atoms with van der Waals surface area (Å²) in [5, 5.41) is 9.76. The summed E-state index contributed by atoms with van der Waals surface area (Å²) in [5.74, 6) is -2.31. The van der Waals surface area contributed by atoms with Crippen LogP contribution in [0.3, 0.4) is 0 Å². The van der Waals surface area contributed by atoms with E-state index < -0.39 is 32.6 Å². The fourth-order valence-electron chi connectivity index (χ4n) is 1.32. The maximum absolute atomic E-state index is 11.3. The van der Waals surface area contributed by atoms with Crippen LogP contribution in [0.5, 0.6) is 0 Å². The van der Waals surface area contributed by atoms with Crippen LogP contribution in [0.15, 0.2) is 20.6 Å². The van der Waals surface area contributed by atoms with Gasteiger partial charge in [0.15, 0.2) is 5.72 Å². The van der Waals surface area contributed by atoms with Crippen LogP contribution >= 0.6 is 22.6 Å². The number of esters is 1. The summed E-state index contributed by atoms with van der Waals surface area (Å²) in [4.78, 5) is 10.9. The molecule has 1 rings (SSSR count). The molecule has 2 atom stereocenters. The first-order valence-corrected chi connectivity index (χ1v) is 6.78. The van der Waals surface area contributed by atoms with Crippen LogP contribution in [0.25, 0.3) is 0 Å². The summed E-state index contributed by atoms with van der Waals surface area (Å²) in [7, 11) is -3.42. The molecule has 4 N–H and O–H groups in total. The molecule has 0 fully saturated rings. The van der Waals surface area contributed by atoms with Gasteiger partial charge in [-0.1, -0.05) is 0 Å². The van der Waals surface area contributed by atoms with Gasteiger partial charge in [0, 0.05) is 3.58 Å². The van der Waals surface area contributed by atoms with Crippen LogP contribution in [0.2, 0.25) is 0 Å². The maximum atomic E-state index is 11.3. The number of nitrogens with two attached hydrogens (primary N) is 1. The number of halogens is 1. The second-order valence-corrected chi connectivity index (χ2v) is 5.94. The lowest BCUT2D eigenvalue weighted by atomic mass is 9.92. The molecule has 0 heterocycles. The van der Waals surface area contributed by atoms with Crippen LogP contribution < -0.4 is 5.73 Å². The fraction of sp³-hybridized carbons (Fsp3) is 0.375. The Labute approximate surface area is 111 Å². The van der Waals surface area contributed by atoms with Crippen molar-refractivity contribution in [2.24, 2.45) is 11.7 Å². The molecule has 0 bridgehead atoms. The average molecular weight is 375 g/mol. The molecule has 0 aromatic rings. The number of hydrogen-bond donors (Lipinski definition) is 3. The smallest absolute Gasteiger partial charge is 0.317 e. The van der Waals surface area contributed by atoms with Gasteiger partial charge in [-0.3, -0.25) is 15.1 Å². The first-order chi connectivity index (χ1) is 7.59. The van der Waals surface area contributed by atoms with E-state index in [2.05, 4.69) is 4.74 Å². The van der Waals surface area contributed by atoms with E-state index in [9.17, 15) is 18.3 Å². The highest BCUT2D eigenvalue weighted by Gasteiger charge is 2.41. The predicted molar refractivity (Wildman–Crippen MR) is 66.4 cm³/mol. The molecule has 1 aliphatic rings. The van der Waals surface area contributed by atoms with Gasteiger partial charge in [-0.15, -0.1) is 0 Å². The van der Waals surface area contributed by atoms with E-state index in [-0.39, 0.29) is 3.58 Å². The molecular weight excluding hydrogens is 365 g/mol. The minimum atomic E-state index is -4.49. The zero-order chi connectivity index (χ0) is 13.4. The van der Waals surface area contributed by atoms with E-state index in [1.165, 1.54) is 0 Å². The molecule has 0 amide bonds. The lowest BCUT2D eigenvalue weighted by Crippen LogP contribution is -2.50. The van der Waals surface area contributed by atoms with Gasteiger partial charge in [0.25, 0.3) is 10.1 Å². The van der Waals surface area contributed by atoms with Crippen LogP contribution in [-0.4, -0.2) is 36.9 Å². The average Bonchev–Trinajstić information content (AvgIpc) is 2.13. The summed E-state index contributed by atoms with van der Waals surface area (Å²) in [6, 6.07) is 0. The van der Waals surface area contributed by atoms with Gasteiger partial charge in [0.2, 0.25) is 0 Å². The summed E-state index contributed by atoms with van der Waals surface area (Å²) in [6.07, 6.45) is 1.83. The molecule has 1 aliphatic carbocycles. The minimum Gasteiger partial charge on any atom is -0.468 e. The number of aliphatic hydroxyl groups is 1. The van der Waals surface area contributed by atoms with Gasteiger partial charge in [-0.25, -0.2) is 0 Å². The molecule has 17 heavy (non-hydrogen) atoms. The van der Waals surface area contributed by atoms with Gasteiger partial charge in [0.1, 0.15) is 10.8 Å². The number of rotatable bonds is 2. The number of allylic oxidation sites excluding steroid dienone is 1. The van der Waals surface area contributed by atoms with Crippen LogP contribution in [0, 0.1) is 5.92 Å². The van der Waals surface area contributed by atoms with Crippen molar-refractivity contribution >= 4 is 38.7 Å². The maximum Gasteiger partial charge on any atom is 0.317 e. The summed E-state index contributed by atoms with van der Waals surface area (Å²) in [6.45, 7) is 0. The van der Waals surface area contributed by atoms with Gasteiger partial charge >= 0.3 is 5.97 Å². The largest absolute Gasteiger partial charge is 0.468 e. The number of hydrogen-bond acceptors (Lipinski definition) is 6. The highest BCUT2D eigenvalue weighted by atomic mass is 127. The lowest BCUT2D eigenvalue weighted by molar-refractivity contribution is -0.149. The van der Waals surface area contributed by atoms with E-state index in [0.717, 1.165) is 19.3 Å². The number of carbonyl (C=O) groups excluding carboxylic acids is 1. The summed E-state index contributed by atoms with van der Waals surface area (Å²) < 4.78 is 35.4. The summed E-state index contributed by atoms with van der Waals surface area (Å²) >= 11 is 1.58. The van der Waals surface area contributed by atoms with E-state index >= 15 is 0 Å². The Morgan fingerprint density at radius 3 is 2.59 bits per heavy atom. The molecule has 0 spiro atoms. The van der Waals surface area contributed by atoms with E-state index in [1.54, 1.807) is 22.6 Å². The molecule has 2 unspecified atom stereocenters. The Kier molecular flexibility index (Phi) is 3.98.